The molecular weight excluding hydrogens is 284 g/mol. The smallest absolute Gasteiger partial charge is 0.330 e. The normalized spacial score (nSPS) is 11.9. The number of aromatic nitrogens is 1. The van der Waals surface area contributed by atoms with E-state index in [1.807, 2.05) is 6.92 Å². The Hall–Kier alpha value is -2.63. The maximum Gasteiger partial charge on any atom is 0.330 e. The highest BCUT2D eigenvalue weighted by molar-refractivity contribution is 5.84. The minimum absolute atomic E-state index is 0.180. The molecule has 0 bridgehead atoms. The van der Waals surface area contributed by atoms with Gasteiger partial charge in [0.15, 0.2) is 6.04 Å². The van der Waals surface area contributed by atoms with Crippen LogP contribution in [0.5, 0.6) is 0 Å². The number of rotatable bonds is 6. The molecule has 1 amide bonds. The van der Waals surface area contributed by atoms with Gasteiger partial charge in [-0.25, -0.2) is 4.79 Å². The Labute approximate surface area is 128 Å². The topological polar surface area (TPSA) is 92.4 Å². The number of aliphatic carboxylic acids is 1. The highest BCUT2D eigenvalue weighted by atomic mass is 16.5. The van der Waals surface area contributed by atoms with E-state index in [0.29, 0.717) is 17.7 Å². The summed E-state index contributed by atoms with van der Waals surface area (Å²) in [5.41, 5.74) is 2.19. The molecule has 0 saturated carbocycles. The monoisotopic (exact) mass is 302 g/mol. The third-order valence-electron chi connectivity index (χ3n) is 3.47. The second-order valence-corrected chi connectivity index (χ2v) is 5.05. The van der Waals surface area contributed by atoms with Crippen LogP contribution in [0, 0.1) is 13.8 Å². The molecule has 1 heterocycles. The summed E-state index contributed by atoms with van der Waals surface area (Å²) in [6.07, 6.45) is 0.646. The first-order chi connectivity index (χ1) is 10.5. The summed E-state index contributed by atoms with van der Waals surface area (Å²) in [5.74, 6) is -0.726. The van der Waals surface area contributed by atoms with Crippen molar-refractivity contribution in [1.82, 2.24) is 10.5 Å². The number of carbonyl (C=O) groups excluding carboxylic acids is 1. The molecule has 6 nitrogen and oxygen atoms in total. The van der Waals surface area contributed by atoms with Crippen LogP contribution in [0.3, 0.4) is 0 Å². The van der Waals surface area contributed by atoms with Crippen LogP contribution in [0.2, 0.25) is 0 Å². The number of hydrogen-bond acceptors (Lipinski definition) is 4. The van der Waals surface area contributed by atoms with Gasteiger partial charge in [-0.1, -0.05) is 35.5 Å². The molecule has 116 valence electrons. The summed E-state index contributed by atoms with van der Waals surface area (Å²) in [5, 5.41) is 15.7. The predicted molar refractivity (Wildman–Crippen MR) is 79.3 cm³/mol. The largest absolute Gasteiger partial charge is 0.479 e. The van der Waals surface area contributed by atoms with Crippen molar-refractivity contribution in [3.63, 3.8) is 0 Å². The average Bonchev–Trinajstić information content (AvgIpc) is 2.82. The lowest BCUT2D eigenvalue weighted by atomic mass is 10.1. The van der Waals surface area contributed by atoms with Gasteiger partial charge in [0, 0.05) is 12.0 Å². The van der Waals surface area contributed by atoms with E-state index in [1.54, 1.807) is 37.3 Å². The van der Waals surface area contributed by atoms with E-state index in [2.05, 4.69) is 10.5 Å². The molecular formula is C16H18N2O4. The van der Waals surface area contributed by atoms with Crippen molar-refractivity contribution in [2.24, 2.45) is 0 Å². The van der Waals surface area contributed by atoms with E-state index in [-0.39, 0.29) is 12.3 Å². The van der Waals surface area contributed by atoms with Gasteiger partial charge < -0.3 is 14.9 Å². The van der Waals surface area contributed by atoms with Crippen molar-refractivity contribution < 1.29 is 19.2 Å². The van der Waals surface area contributed by atoms with Crippen molar-refractivity contribution in [3.05, 3.63) is 52.9 Å². The number of carbonyl (C=O) groups is 2. The molecule has 0 aliphatic rings. The van der Waals surface area contributed by atoms with E-state index in [4.69, 9.17) is 4.52 Å². The lowest BCUT2D eigenvalue weighted by Crippen LogP contribution is -2.33. The van der Waals surface area contributed by atoms with Crippen LogP contribution in [0.1, 0.15) is 35.0 Å². The fourth-order valence-electron chi connectivity index (χ4n) is 2.26. The molecule has 1 aromatic carbocycles. The standard InChI is InChI=1S/C16H18N2O4/c1-10-13(11(2)22-18-10)8-9-14(19)17-15(16(20)21)12-6-4-3-5-7-12/h3-7,15H,8-9H2,1-2H3,(H,17,19)(H,20,21)/t15-/m1/s1. The molecule has 2 rings (SSSR count). The number of benzene rings is 1. The molecule has 0 unspecified atom stereocenters. The van der Waals surface area contributed by atoms with Crippen LogP contribution in [-0.2, 0) is 16.0 Å². The maximum atomic E-state index is 12.0. The van der Waals surface area contributed by atoms with Gasteiger partial charge in [-0.15, -0.1) is 0 Å². The van der Waals surface area contributed by atoms with Gasteiger partial charge in [0.2, 0.25) is 5.91 Å². The Morgan fingerprint density at radius 3 is 2.50 bits per heavy atom. The Morgan fingerprint density at radius 2 is 1.95 bits per heavy atom. The second kappa shape index (κ2) is 6.89. The number of hydrogen-bond donors (Lipinski definition) is 2. The molecule has 6 heteroatoms. The Bertz CT molecular complexity index is 645. The molecule has 0 aliphatic heterocycles. The third-order valence-corrected chi connectivity index (χ3v) is 3.47. The van der Waals surface area contributed by atoms with E-state index >= 15 is 0 Å². The van der Waals surface area contributed by atoms with Crippen molar-refractivity contribution >= 4 is 11.9 Å². The summed E-state index contributed by atoms with van der Waals surface area (Å²) in [6.45, 7) is 3.60. The van der Waals surface area contributed by atoms with Gasteiger partial charge in [0.05, 0.1) is 5.69 Å². The van der Waals surface area contributed by atoms with E-state index < -0.39 is 12.0 Å². The lowest BCUT2D eigenvalue weighted by Gasteiger charge is -2.14. The lowest BCUT2D eigenvalue weighted by molar-refractivity contribution is -0.142. The minimum Gasteiger partial charge on any atom is -0.479 e. The Balaban J connectivity index is 1.99. The molecule has 22 heavy (non-hydrogen) atoms. The Kier molecular flexibility index (Phi) is 4.93. The van der Waals surface area contributed by atoms with Crippen LogP contribution in [-0.4, -0.2) is 22.1 Å². The number of carboxylic acids is 1. The van der Waals surface area contributed by atoms with Gasteiger partial charge >= 0.3 is 5.97 Å². The first-order valence-electron chi connectivity index (χ1n) is 6.98. The Morgan fingerprint density at radius 1 is 1.27 bits per heavy atom. The molecule has 0 spiro atoms. The van der Waals surface area contributed by atoms with Crippen LogP contribution >= 0.6 is 0 Å². The highest BCUT2D eigenvalue weighted by Crippen LogP contribution is 2.16. The fourth-order valence-corrected chi connectivity index (χ4v) is 2.26. The predicted octanol–water partition coefficient (Wildman–Crippen LogP) is 2.17. The number of aryl methyl sites for hydroxylation is 2. The fraction of sp³-hybridized carbons (Fsp3) is 0.312. The van der Waals surface area contributed by atoms with Gasteiger partial charge in [0.25, 0.3) is 0 Å². The van der Waals surface area contributed by atoms with Crippen molar-refractivity contribution in [3.8, 4) is 0 Å². The van der Waals surface area contributed by atoms with Gasteiger partial charge in [-0.05, 0) is 25.8 Å². The van der Waals surface area contributed by atoms with E-state index in [1.165, 1.54) is 0 Å². The molecule has 0 fully saturated rings. The van der Waals surface area contributed by atoms with Crippen LogP contribution in [0.25, 0.3) is 0 Å². The minimum atomic E-state index is -1.09. The third kappa shape index (κ3) is 3.72. The van der Waals surface area contributed by atoms with Crippen LogP contribution in [0.4, 0.5) is 0 Å². The summed E-state index contributed by atoms with van der Waals surface area (Å²) in [7, 11) is 0. The summed E-state index contributed by atoms with van der Waals surface area (Å²) < 4.78 is 5.04. The number of carboxylic acid groups (broad SMARTS) is 1. The quantitative estimate of drug-likeness (QED) is 0.853. The zero-order valence-electron chi connectivity index (χ0n) is 12.5. The summed E-state index contributed by atoms with van der Waals surface area (Å²) in [6, 6.07) is 7.57. The van der Waals surface area contributed by atoms with Gasteiger partial charge in [-0.2, -0.15) is 0 Å². The van der Waals surface area contributed by atoms with Gasteiger partial charge in [0.1, 0.15) is 5.76 Å². The SMILES string of the molecule is Cc1noc(C)c1CCC(=O)N[C@@H](C(=O)O)c1ccccc1. The van der Waals surface area contributed by atoms with E-state index in [0.717, 1.165) is 11.3 Å². The number of nitrogens with zero attached hydrogens (tertiary/aromatic N) is 1. The van der Waals surface area contributed by atoms with E-state index in [9.17, 15) is 14.7 Å². The highest BCUT2D eigenvalue weighted by Gasteiger charge is 2.22. The first-order valence-corrected chi connectivity index (χ1v) is 6.98. The molecule has 1 atom stereocenters. The maximum absolute atomic E-state index is 12.0. The summed E-state index contributed by atoms with van der Waals surface area (Å²) in [4.78, 5) is 23.4. The first kappa shape index (κ1) is 15.8. The second-order valence-electron chi connectivity index (χ2n) is 5.05. The van der Waals surface area contributed by atoms with Gasteiger partial charge in [-0.3, -0.25) is 4.79 Å². The molecule has 0 aliphatic carbocycles. The zero-order valence-corrected chi connectivity index (χ0v) is 12.5. The number of amides is 1. The van der Waals surface area contributed by atoms with Crippen LogP contribution < -0.4 is 5.32 Å². The molecule has 0 radical (unpaired) electrons. The zero-order chi connectivity index (χ0) is 16.1. The van der Waals surface area contributed by atoms with Crippen molar-refractivity contribution in [2.45, 2.75) is 32.7 Å². The molecule has 2 aromatic rings. The van der Waals surface area contributed by atoms with Crippen molar-refractivity contribution in [2.75, 3.05) is 0 Å². The molecule has 2 N–H and O–H groups in total. The summed E-state index contributed by atoms with van der Waals surface area (Å²) >= 11 is 0. The number of nitrogens with one attached hydrogen (secondary N) is 1. The van der Waals surface area contributed by atoms with Crippen molar-refractivity contribution in [1.29, 1.82) is 0 Å². The molecule has 0 saturated heterocycles. The van der Waals surface area contributed by atoms with Crippen LogP contribution in [0.15, 0.2) is 34.9 Å². The molecule has 1 aromatic heterocycles. The average molecular weight is 302 g/mol.